The molecule has 0 N–H and O–H groups in total. The van der Waals surface area contributed by atoms with Crippen LogP contribution in [0.1, 0.15) is 30.7 Å². The number of ether oxygens (including phenoxy) is 1. The van der Waals surface area contributed by atoms with Crippen molar-refractivity contribution in [2.24, 2.45) is 0 Å². The summed E-state index contributed by atoms with van der Waals surface area (Å²) in [4.78, 5) is 26.8. The highest BCUT2D eigenvalue weighted by Crippen LogP contribution is 2.32. The SMILES string of the molecule is CCc1ccc(C=C2C(=O)N(Cc3ccco3)C(C)=C2C(=O)OC)cc1. The third-order valence-electron chi connectivity index (χ3n) is 4.49. The Morgan fingerprint density at radius 1 is 1.23 bits per heavy atom. The summed E-state index contributed by atoms with van der Waals surface area (Å²) in [6.07, 6.45) is 4.24. The van der Waals surface area contributed by atoms with E-state index in [4.69, 9.17) is 9.15 Å². The van der Waals surface area contributed by atoms with Gasteiger partial charge in [0.15, 0.2) is 0 Å². The third-order valence-corrected chi connectivity index (χ3v) is 4.49. The second-order valence-electron chi connectivity index (χ2n) is 6.08. The van der Waals surface area contributed by atoms with Crippen LogP contribution in [-0.2, 0) is 27.3 Å². The van der Waals surface area contributed by atoms with Gasteiger partial charge in [0.1, 0.15) is 5.76 Å². The molecule has 1 aliphatic heterocycles. The summed E-state index contributed by atoms with van der Waals surface area (Å²) in [5, 5.41) is 0. The van der Waals surface area contributed by atoms with Crippen LogP contribution in [0.25, 0.3) is 6.08 Å². The number of carbonyl (C=O) groups excluding carboxylic acids is 2. The predicted molar refractivity (Wildman–Crippen MR) is 97.8 cm³/mol. The molecule has 1 aromatic carbocycles. The molecule has 0 bridgehead atoms. The molecule has 0 saturated heterocycles. The molecule has 134 valence electrons. The highest BCUT2D eigenvalue weighted by molar-refractivity contribution is 6.16. The van der Waals surface area contributed by atoms with Crippen molar-refractivity contribution in [3.05, 3.63) is 76.4 Å². The minimum absolute atomic E-state index is 0.237. The predicted octanol–water partition coefficient (Wildman–Crippen LogP) is 3.71. The first-order chi connectivity index (χ1) is 12.5. The van der Waals surface area contributed by atoms with E-state index >= 15 is 0 Å². The molecule has 5 nitrogen and oxygen atoms in total. The summed E-state index contributed by atoms with van der Waals surface area (Å²) < 4.78 is 10.2. The average Bonchev–Trinajstić information content (AvgIpc) is 3.25. The van der Waals surface area contributed by atoms with E-state index in [1.54, 1.807) is 31.4 Å². The van der Waals surface area contributed by atoms with Gasteiger partial charge >= 0.3 is 5.97 Å². The molecule has 1 aliphatic rings. The fraction of sp³-hybridized carbons (Fsp3) is 0.238. The van der Waals surface area contributed by atoms with E-state index in [1.807, 2.05) is 24.3 Å². The van der Waals surface area contributed by atoms with E-state index in [2.05, 4.69) is 6.92 Å². The molecule has 0 saturated carbocycles. The molecule has 0 aliphatic carbocycles. The van der Waals surface area contributed by atoms with Crippen LogP contribution in [-0.4, -0.2) is 23.9 Å². The molecule has 0 spiro atoms. The zero-order valence-electron chi connectivity index (χ0n) is 15.1. The maximum absolute atomic E-state index is 13.0. The summed E-state index contributed by atoms with van der Waals surface area (Å²) in [6.45, 7) is 4.10. The number of esters is 1. The zero-order chi connectivity index (χ0) is 18.7. The van der Waals surface area contributed by atoms with Gasteiger partial charge in [-0.1, -0.05) is 31.2 Å². The first kappa shape index (κ1) is 17.7. The van der Waals surface area contributed by atoms with Crippen molar-refractivity contribution in [2.45, 2.75) is 26.8 Å². The monoisotopic (exact) mass is 351 g/mol. The Morgan fingerprint density at radius 3 is 2.54 bits per heavy atom. The largest absolute Gasteiger partial charge is 0.467 e. The van der Waals surface area contributed by atoms with Crippen LogP contribution in [0.15, 0.2) is 63.9 Å². The van der Waals surface area contributed by atoms with Crippen molar-refractivity contribution in [2.75, 3.05) is 7.11 Å². The third kappa shape index (κ3) is 3.33. The number of allylic oxidation sites excluding steroid dienone is 1. The average molecular weight is 351 g/mol. The van der Waals surface area contributed by atoms with Crippen LogP contribution < -0.4 is 0 Å². The number of benzene rings is 1. The topological polar surface area (TPSA) is 59.8 Å². The lowest BCUT2D eigenvalue weighted by molar-refractivity contribution is -0.136. The van der Waals surface area contributed by atoms with Crippen LogP contribution in [0.3, 0.4) is 0 Å². The van der Waals surface area contributed by atoms with E-state index in [0.29, 0.717) is 22.6 Å². The van der Waals surface area contributed by atoms with Crippen LogP contribution in [0.2, 0.25) is 0 Å². The Labute approximate surface area is 152 Å². The van der Waals surface area contributed by atoms with Crippen LogP contribution >= 0.6 is 0 Å². The standard InChI is InChI=1S/C21H21NO4/c1-4-15-7-9-16(10-8-15)12-18-19(21(24)25-3)14(2)22(20(18)23)13-17-6-5-11-26-17/h5-12H,4,13H2,1-3H3. The van der Waals surface area contributed by atoms with E-state index in [1.165, 1.54) is 17.6 Å². The second-order valence-corrected chi connectivity index (χ2v) is 6.08. The van der Waals surface area contributed by atoms with Gasteiger partial charge in [-0.05, 0) is 42.7 Å². The first-order valence-electron chi connectivity index (χ1n) is 8.49. The molecule has 0 radical (unpaired) electrons. The molecule has 2 heterocycles. The molecule has 1 amide bonds. The van der Waals surface area contributed by atoms with E-state index in [9.17, 15) is 9.59 Å². The van der Waals surface area contributed by atoms with Crippen LogP contribution in [0.5, 0.6) is 0 Å². The normalized spacial score (nSPS) is 15.9. The molecule has 3 rings (SSSR count). The van der Waals surface area contributed by atoms with E-state index in [0.717, 1.165) is 12.0 Å². The van der Waals surface area contributed by atoms with Gasteiger partial charge in [-0.15, -0.1) is 0 Å². The maximum atomic E-state index is 13.0. The molecule has 1 aromatic heterocycles. The smallest absolute Gasteiger partial charge is 0.340 e. The van der Waals surface area contributed by atoms with Crippen molar-refractivity contribution in [3.8, 4) is 0 Å². The minimum atomic E-state index is -0.519. The summed E-state index contributed by atoms with van der Waals surface area (Å²) in [6, 6.07) is 11.5. The van der Waals surface area contributed by atoms with Crippen molar-refractivity contribution in [3.63, 3.8) is 0 Å². The Hall–Kier alpha value is -3.08. The van der Waals surface area contributed by atoms with Crippen molar-refractivity contribution < 1.29 is 18.7 Å². The molecule has 2 aromatic rings. The van der Waals surface area contributed by atoms with Gasteiger partial charge in [-0.25, -0.2) is 4.79 Å². The number of carbonyl (C=O) groups is 2. The Kier molecular flexibility index (Phi) is 5.07. The van der Waals surface area contributed by atoms with Gasteiger partial charge in [-0.3, -0.25) is 4.79 Å². The van der Waals surface area contributed by atoms with E-state index in [-0.39, 0.29) is 12.5 Å². The van der Waals surface area contributed by atoms with Gasteiger partial charge in [0, 0.05) is 5.70 Å². The molecular weight excluding hydrogens is 330 g/mol. The minimum Gasteiger partial charge on any atom is -0.467 e. The first-order valence-corrected chi connectivity index (χ1v) is 8.49. The van der Waals surface area contributed by atoms with Gasteiger partial charge in [0.05, 0.1) is 31.1 Å². The molecule has 26 heavy (non-hydrogen) atoms. The lowest BCUT2D eigenvalue weighted by atomic mass is 10.0. The number of rotatable bonds is 5. The van der Waals surface area contributed by atoms with Gasteiger partial charge in [-0.2, -0.15) is 0 Å². The number of furan rings is 1. The summed E-state index contributed by atoms with van der Waals surface area (Å²) >= 11 is 0. The molecule has 0 fully saturated rings. The van der Waals surface area contributed by atoms with Crippen molar-refractivity contribution in [1.82, 2.24) is 4.90 Å². The fourth-order valence-corrected chi connectivity index (χ4v) is 2.99. The number of aryl methyl sites for hydroxylation is 1. The molecule has 5 heteroatoms. The van der Waals surface area contributed by atoms with Gasteiger partial charge < -0.3 is 14.1 Å². The van der Waals surface area contributed by atoms with Gasteiger partial charge in [0.25, 0.3) is 5.91 Å². The summed E-state index contributed by atoms with van der Waals surface area (Å²) in [7, 11) is 1.32. The maximum Gasteiger partial charge on any atom is 0.340 e. The highest BCUT2D eigenvalue weighted by atomic mass is 16.5. The van der Waals surface area contributed by atoms with E-state index < -0.39 is 5.97 Å². The Bertz CT molecular complexity index is 873. The van der Waals surface area contributed by atoms with Crippen molar-refractivity contribution >= 4 is 18.0 Å². The lowest BCUT2D eigenvalue weighted by Crippen LogP contribution is -2.24. The molecular formula is C21H21NO4. The Morgan fingerprint density at radius 2 is 1.96 bits per heavy atom. The number of methoxy groups -OCH3 is 1. The molecule has 0 atom stereocenters. The second kappa shape index (κ2) is 7.44. The number of hydrogen-bond acceptors (Lipinski definition) is 4. The van der Waals surface area contributed by atoms with Crippen LogP contribution in [0.4, 0.5) is 0 Å². The van der Waals surface area contributed by atoms with Gasteiger partial charge in [0.2, 0.25) is 0 Å². The Balaban J connectivity index is 2.00. The fourth-order valence-electron chi connectivity index (χ4n) is 2.99. The summed E-state index contributed by atoms with van der Waals surface area (Å²) in [5.41, 5.74) is 3.27. The number of hydrogen-bond donors (Lipinski definition) is 0. The van der Waals surface area contributed by atoms with Crippen molar-refractivity contribution in [1.29, 1.82) is 0 Å². The lowest BCUT2D eigenvalue weighted by Gasteiger charge is -2.16. The highest BCUT2D eigenvalue weighted by Gasteiger charge is 2.37. The number of amides is 1. The molecule has 0 unspecified atom stereocenters. The summed E-state index contributed by atoms with van der Waals surface area (Å²) in [5.74, 6) is -0.108. The number of nitrogens with zero attached hydrogens (tertiary/aromatic N) is 1. The van der Waals surface area contributed by atoms with Crippen LogP contribution in [0, 0.1) is 0 Å². The zero-order valence-corrected chi connectivity index (χ0v) is 15.1. The quantitative estimate of drug-likeness (QED) is 0.608.